The average Bonchev–Trinajstić information content (AvgIpc) is 2.46. The van der Waals surface area contributed by atoms with Crippen molar-refractivity contribution in [1.82, 2.24) is 9.80 Å². The van der Waals surface area contributed by atoms with Crippen LogP contribution < -0.4 is 0 Å². The molecule has 0 aliphatic heterocycles. The number of carbonyl (C=O) groups excluding carboxylic acids is 1. The number of rotatable bonds is 9. The van der Waals surface area contributed by atoms with Gasteiger partial charge in [0.1, 0.15) is 5.41 Å². The van der Waals surface area contributed by atoms with Crippen molar-refractivity contribution >= 4 is 5.91 Å². The van der Waals surface area contributed by atoms with Gasteiger partial charge in [0.15, 0.2) is 0 Å². The maximum Gasteiger partial charge on any atom is 0.242 e. The van der Waals surface area contributed by atoms with Crippen molar-refractivity contribution in [3.63, 3.8) is 0 Å². The Morgan fingerprint density at radius 3 is 2.05 bits per heavy atom. The van der Waals surface area contributed by atoms with E-state index in [9.17, 15) is 10.1 Å². The van der Waals surface area contributed by atoms with E-state index >= 15 is 0 Å². The fourth-order valence-corrected chi connectivity index (χ4v) is 2.06. The molecule has 1 amide bonds. The first kappa shape index (κ1) is 17.9. The predicted octanol–water partition coefficient (Wildman–Crippen LogP) is 2.51. The number of nitriles is 1. The summed E-state index contributed by atoms with van der Waals surface area (Å²) in [5.74, 6) is -0.0282. The largest absolute Gasteiger partial charge is 0.342 e. The van der Waals surface area contributed by atoms with Crippen LogP contribution in [-0.2, 0) is 4.79 Å². The molecule has 0 aromatic heterocycles. The summed E-state index contributed by atoms with van der Waals surface area (Å²) in [5.41, 5.74) is -0.870. The van der Waals surface area contributed by atoms with Crippen molar-refractivity contribution in [2.24, 2.45) is 5.41 Å². The van der Waals surface area contributed by atoms with Crippen molar-refractivity contribution < 1.29 is 4.79 Å². The number of hydrogen-bond acceptors (Lipinski definition) is 3. The predicted molar refractivity (Wildman–Crippen MR) is 78.7 cm³/mol. The van der Waals surface area contributed by atoms with Crippen LogP contribution in [0.1, 0.15) is 47.5 Å². The zero-order valence-corrected chi connectivity index (χ0v) is 13.2. The minimum absolute atomic E-state index is 0.0282. The van der Waals surface area contributed by atoms with Crippen LogP contribution in [0.15, 0.2) is 0 Å². The molecule has 1 unspecified atom stereocenters. The molecule has 4 heteroatoms. The lowest BCUT2D eigenvalue weighted by molar-refractivity contribution is -0.138. The summed E-state index contributed by atoms with van der Waals surface area (Å²) in [5, 5.41) is 9.18. The summed E-state index contributed by atoms with van der Waals surface area (Å²) >= 11 is 0. The molecule has 0 aliphatic rings. The summed E-state index contributed by atoms with van der Waals surface area (Å²) in [6.07, 6.45) is 1.53. The SMILES string of the molecule is CCN(CC)CCCN(CC)C(=O)C(C)(C#N)CC. The van der Waals surface area contributed by atoms with Gasteiger partial charge in [0.25, 0.3) is 0 Å². The van der Waals surface area contributed by atoms with Gasteiger partial charge in [-0.15, -0.1) is 0 Å². The van der Waals surface area contributed by atoms with Gasteiger partial charge in [0.05, 0.1) is 6.07 Å². The maximum atomic E-state index is 12.4. The zero-order valence-electron chi connectivity index (χ0n) is 13.2. The van der Waals surface area contributed by atoms with Gasteiger partial charge in [-0.05, 0) is 46.3 Å². The van der Waals surface area contributed by atoms with Gasteiger partial charge in [-0.25, -0.2) is 0 Å². The molecule has 0 N–H and O–H groups in total. The van der Waals surface area contributed by atoms with E-state index in [2.05, 4.69) is 24.8 Å². The first-order chi connectivity index (χ1) is 8.98. The Hall–Kier alpha value is -1.08. The molecule has 0 aliphatic carbocycles. The van der Waals surface area contributed by atoms with Gasteiger partial charge < -0.3 is 9.80 Å². The highest BCUT2D eigenvalue weighted by molar-refractivity contribution is 5.85. The minimum atomic E-state index is -0.870. The van der Waals surface area contributed by atoms with Crippen LogP contribution in [0, 0.1) is 16.7 Å². The highest BCUT2D eigenvalue weighted by Gasteiger charge is 2.34. The van der Waals surface area contributed by atoms with Crippen LogP contribution in [0.5, 0.6) is 0 Å². The Kier molecular flexibility index (Phi) is 8.42. The molecule has 0 rings (SSSR count). The van der Waals surface area contributed by atoms with Crippen LogP contribution >= 0.6 is 0 Å². The van der Waals surface area contributed by atoms with Gasteiger partial charge in [0, 0.05) is 13.1 Å². The van der Waals surface area contributed by atoms with Crippen molar-refractivity contribution in [2.75, 3.05) is 32.7 Å². The summed E-state index contributed by atoms with van der Waals surface area (Å²) in [7, 11) is 0. The molecule has 0 aromatic rings. The third-order valence-corrected chi connectivity index (χ3v) is 3.89. The summed E-state index contributed by atoms with van der Waals surface area (Å²) in [6.45, 7) is 14.4. The maximum absolute atomic E-state index is 12.4. The van der Waals surface area contributed by atoms with Crippen LogP contribution in [0.3, 0.4) is 0 Å². The van der Waals surface area contributed by atoms with Crippen LogP contribution in [0.2, 0.25) is 0 Å². The molecule has 0 aromatic carbocycles. The van der Waals surface area contributed by atoms with E-state index in [0.29, 0.717) is 13.0 Å². The van der Waals surface area contributed by atoms with Crippen LogP contribution in [0.4, 0.5) is 0 Å². The second-order valence-electron chi connectivity index (χ2n) is 5.06. The molecule has 0 radical (unpaired) electrons. The Morgan fingerprint density at radius 2 is 1.68 bits per heavy atom. The normalized spacial score (nSPS) is 13.9. The summed E-state index contributed by atoms with van der Waals surface area (Å²) in [6, 6.07) is 2.16. The molecule has 0 saturated carbocycles. The molecule has 0 fully saturated rings. The first-order valence-corrected chi connectivity index (χ1v) is 7.41. The fourth-order valence-electron chi connectivity index (χ4n) is 2.06. The van der Waals surface area contributed by atoms with E-state index in [-0.39, 0.29) is 5.91 Å². The van der Waals surface area contributed by atoms with Gasteiger partial charge in [-0.3, -0.25) is 4.79 Å². The molecule has 0 bridgehead atoms. The molecule has 19 heavy (non-hydrogen) atoms. The number of hydrogen-bond donors (Lipinski definition) is 0. The van der Waals surface area contributed by atoms with Crippen molar-refractivity contribution in [3.8, 4) is 6.07 Å². The van der Waals surface area contributed by atoms with Crippen molar-refractivity contribution in [3.05, 3.63) is 0 Å². The summed E-state index contributed by atoms with van der Waals surface area (Å²) < 4.78 is 0. The number of nitrogens with zero attached hydrogens (tertiary/aromatic N) is 3. The molecule has 110 valence electrons. The lowest BCUT2D eigenvalue weighted by Gasteiger charge is -2.29. The van der Waals surface area contributed by atoms with E-state index in [0.717, 1.165) is 32.6 Å². The van der Waals surface area contributed by atoms with Crippen molar-refractivity contribution in [1.29, 1.82) is 5.26 Å². The zero-order chi connectivity index (χ0) is 14.9. The smallest absolute Gasteiger partial charge is 0.242 e. The van der Waals surface area contributed by atoms with E-state index in [1.54, 1.807) is 6.92 Å². The van der Waals surface area contributed by atoms with E-state index < -0.39 is 5.41 Å². The van der Waals surface area contributed by atoms with E-state index in [1.807, 2.05) is 18.7 Å². The topological polar surface area (TPSA) is 47.3 Å². The van der Waals surface area contributed by atoms with Gasteiger partial charge >= 0.3 is 0 Å². The van der Waals surface area contributed by atoms with Gasteiger partial charge in [-0.2, -0.15) is 5.26 Å². The lowest BCUT2D eigenvalue weighted by Crippen LogP contribution is -2.42. The fraction of sp³-hybridized carbons (Fsp3) is 0.867. The second kappa shape index (κ2) is 8.92. The Morgan fingerprint density at radius 1 is 1.11 bits per heavy atom. The minimum Gasteiger partial charge on any atom is -0.342 e. The van der Waals surface area contributed by atoms with E-state index in [1.165, 1.54) is 0 Å². The van der Waals surface area contributed by atoms with Crippen molar-refractivity contribution in [2.45, 2.75) is 47.5 Å². The quantitative estimate of drug-likeness (QED) is 0.645. The molecular weight excluding hydrogens is 238 g/mol. The molecular formula is C15H29N3O. The lowest BCUT2D eigenvalue weighted by atomic mass is 9.87. The number of amides is 1. The first-order valence-electron chi connectivity index (χ1n) is 7.41. The molecule has 0 saturated heterocycles. The Balaban J connectivity index is 4.44. The van der Waals surface area contributed by atoms with Crippen LogP contribution in [0.25, 0.3) is 0 Å². The monoisotopic (exact) mass is 267 g/mol. The van der Waals surface area contributed by atoms with E-state index in [4.69, 9.17) is 0 Å². The Bertz CT molecular complexity index is 307. The van der Waals surface area contributed by atoms with Crippen LogP contribution in [-0.4, -0.2) is 48.4 Å². The highest BCUT2D eigenvalue weighted by atomic mass is 16.2. The van der Waals surface area contributed by atoms with Gasteiger partial charge in [-0.1, -0.05) is 20.8 Å². The Labute approximate surface area is 118 Å². The molecule has 0 spiro atoms. The second-order valence-corrected chi connectivity index (χ2v) is 5.06. The molecule has 4 nitrogen and oxygen atoms in total. The van der Waals surface area contributed by atoms with Gasteiger partial charge in [0.2, 0.25) is 5.91 Å². The average molecular weight is 267 g/mol. The highest BCUT2D eigenvalue weighted by Crippen LogP contribution is 2.23. The standard InChI is InChI=1S/C15H29N3O/c1-6-15(5,13-16)14(19)18(9-4)12-10-11-17(7-2)8-3/h6-12H2,1-5H3. The number of carbonyl (C=O) groups is 1. The molecule has 1 atom stereocenters. The summed E-state index contributed by atoms with van der Waals surface area (Å²) in [4.78, 5) is 16.5. The third-order valence-electron chi connectivity index (χ3n) is 3.89. The molecule has 0 heterocycles. The third kappa shape index (κ3) is 5.20.